The van der Waals surface area contributed by atoms with Gasteiger partial charge in [0.05, 0.1) is 0 Å². The van der Waals surface area contributed by atoms with Crippen LogP contribution in [-0.4, -0.2) is 32.1 Å². The minimum atomic E-state index is 0.567. The van der Waals surface area contributed by atoms with Crippen LogP contribution in [-0.2, 0) is 6.42 Å². The zero-order valence-electron chi connectivity index (χ0n) is 11.4. The van der Waals surface area contributed by atoms with Gasteiger partial charge in [-0.05, 0) is 76.1 Å². The Morgan fingerprint density at radius 2 is 2.17 bits per heavy atom. The van der Waals surface area contributed by atoms with E-state index < -0.39 is 0 Å². The molecule has 2 nitrogen and oxygen atoms in total. The first-order valence-corrected chi connectivity index (χ1v) is 7.62. The maximum Gasteiger partial charge on any atom is 0.0326 e. The maximum atomic E-state index is 3.70. The molecule has 0 fully saturated rings. The summed E-state index contributed by atoms with van der Waals surface area (Å²) in [5, 5.41) is 3.70. The molecule has 18 heavy (non-hydrogen) atoms. The van der Waals surface area contributed by atoms with E-state index in [1.165, 1.54) is 47.8 Å². The Morgan fingerprint density at radius 1 is 1.33 bits per heavy atom. The van der Waals surface area contributed by atoms with Gasteiger partial charge in [-0.25, -0.2) is 0 Å². The second-order valence-corrected chi connectivity index (χ2v) is 6.31. The van der Waals surface area contributed by atoms with Crippen LogP contribution >= 0.6 is 15.9 Å². The van der Waals surface area contributed by atoms with Gasteiger partial charge < -0.3 is 10.2 Å². The summed E-state index contributed by atoms with van der Waals surface area (Å²) in [5.74, 6) is 0. The van der Waals surface area contributed by atoms with Gasteiger partial charge in [-0.1, -0.05) is 22.0 Å². The zero-order chi connectivity index (χ0) is 13.0. The minimum absolute atomic E-state index is 0.567. The van der Waals surface area contributed by atoms with Gasteiger partial charge in [0.1, 0.15) is 0 Å². The van der Waals surface area contributed by atoms with Crippen molar-refractivity contribution in [1.82, 2.24) is 10.2 Å². The molecule has 3 heteroatoms. The fourth-order valence-electron chi connectivity index (χ4n) is 2.61. The number of nitrogens with zero attached hydrogens (tertiary/aromatic N) is 1. The van der Waals surface area contributed by atoms with Crippen LogP contribution in [0.1, 0.15) is 36.4 Å². The van der Waals surface area contributed by atoms with Gasteiger partial charge in [-0.3, -0.25) is 0 Å². The molecule has 0 aromatic heterocycles. The predicted molar refractivity (Wildman–Crippen MR) is 81.0 cm³/mol. The summed E-state index contributed by atoms with van der Waals surface area (Å²) < 4.78 is 1.20. The third kappa shape index (κ3) is 3.81. The summed E-state index contributed by atoms with van der Waals surface area (Å²) >= 11 is 3.57. The molecule has 1 aliphatic rings. The molecule has 0 heterocycles. The van der Waals surface area contributed by atoms with Gasteiger partial charge in [0.15, 0.2) is 0 Å². The summed E-state index contributed by atoms with van der Waals surface area (Å²) in [6.07, 6.45) is 5.01. The quantitative estimate of drug-likeness (QED) is 0.810. The van der Waals surface area contributed by atoms with Crippen LogP contribution in [0.3, 0.4) is 0 Å². The van der Waals surface area contributed by atoms with E-state index >= 15 is 0 Å². The first-order chi connectivity index (χ1) is 8.66. The molecule has 100 valence electrons. The average molecular weight is 311 g/mol. The topological polar surface area (TPSA) is 15.3 Å². The Hall–Kier alpha value is -0.380. The van der Waals surface area contributed by atoms with E-state index in [-0.39, 0.29) is 0 Å². The van der Waals surface area contributed by atoms with Crippen LogP contribution in [0.5, 0.6) is 0 Å². The number of benzene rings is 1. The second-order valence-electron chi connectivity index (χ2n) is 5.40. The number of hydrogen-bond donors (Lipinski definition) is 1. The van der Waals surface area contributed by atoms with E-state index in [4.69, 9.17) is 0 Å². The summed E-state index contributed by atoms with van der Waals surface area (Å²) in [4.78, 5) is 2.25. The van der Waals surface area contributed by atoms with Crippen LogP contribution in [0.4, 0.5) is 0 Å². The Kier molecular flexibility index (Phi) is 5.22. The number of hydrogen-bond acceptors (Lipinski definition) is 2. The molecule has 0 saturated carbocycles. The Balaban J connectivity index is 1.77. The molecule has 1 aromatic carbocycles. The lowest BCUT2D eigenvalue weighted by atomic mass is 10.1. The van der Waals surface area contributed by atoms with Crippen molar-refractivity contribution < 1.29 is 0 Å². The minimum Gasteiger partial charge on any atom is -0.310 e. The van der Waals surface area contributed by atoms with Crippen molar-refractivity contribution in [2.45, 2.75) is 31.7 Å². The molecule has 1 aliphatic carbocycles. The molecule has 1 unspecified atom stereocenters. The molecule has 0 bridgehead atoms. The van der Waals surface area contributed by atoms with E-state index in [2.05, 4.69) is 58.4 Å². The predicted octanol–water partition coefficient (Wildman–Crippen LogP) is 3.37. The van der Waals surface area contributed by atoms with Crippen molar-refractivity contribution in [2.75, 3.05) is 27.2 Å². The van der Waals surface area contributed by atoms with Gasteiger partial charge in [0, 0.05) is 10.5 Å². The molecule has 2 rings (SSSR count). The van der Waals surface area contributed by atoms with Gasteiger partial charge in [0.25, 0.3) is 0 Å². The average Bonchev–Trinajstić information content (AvgIpc) is 2.71. The molecule has 1 N–H and O–H groups in total. The normalized spacial score (nSPS) is 18.3. The maximum absolute atomic E-state index is 3.70. The summed E-state index contributed by atoms with van der Waals surface area (Å²) in [6.45, 7) is 2.32. The molecule has 1 atom stereocenters. The molecule has 0 radical (unpaired) electrons. The summed E-state index contributed by atoms with van der Waals surface area (Å²) in [7, 11) is 4.27. The smallest absolute Gasteiger partial charge is 0.0326 e. The van der Waals surface area contributed by atoms with Crippen LogP contribution in [0.25, 0.3) is 0 Å². The van der Waals surface area contributed by atoms with E-state index in [0.717, 1.165) is 6.54 Å². The second kappa shape index (κ2) is 6.69. The fourth-order valence-corrected chi connectivity index (χ4v) is 2.99. The number of nitrogens with one attached hydrogen (secondary N) is 1. The first kappa shape index (κ1) is 14.0. The van der Waals surface area contributed by atoms with Crippen molar-refractivity contribution in [3.8, 4) is 0 Å². The van der Waals surface area contributed by atoms with E-state index in [1.54, 1.807) is 0 Å². The Labute approximate surface area is 119 Å². The third-order valence-corrected chi connectivity index (χ3v) is 4.10. The highest BCUT2D eigenvalue weighted by atomic mass is 79.9. The number of halogens is 1. The SMILES string of the molecule is CN(C)CCCCNC1CCc2ccc(Br)cc21. The highest BCUT2D eigenvalue weighted by molar-refractivity contribution is 9.10. The number of aryl methyl sites for hydroxylation is 1. The Morgan fingerprint density at radius 3 is 2.94 bits per heavy atom. The van der Waals surface area contributed by atoms with E-state index in [9.17, 15) is 0 Å². The van der Waals surface area contributed by atoms with Crippen molar-refractivity contribution in [3.63, 3.8) is 0 Å². The zero-order valence-corrected chi connectivity index (χ0v) is 13.0. The molecule has 0 saturated heterocycles. The van der Waals surface area contributed by atoms with E-state index in [1.807, 2.05) is 0 Å². The highest BCUT2D eigenvalue weighted by Gasteiger charge is 2.21. The van der Waals surface area contributed by atoms with Gasteiger partial charge >= 0.3 is 0 Å². The van der Waals surface area contributed by atoms with E-state index in [0.29, 0.717) is 6.04 Å². The summed E-state index contributed by atoms with van der Waals surface area (Å²) in [6, 6.07) is 7.25. The molecular weight excluding hydrogens is 288 g/mol. The monoisotopic (exact) mass is 310 g/mol. The van der Waals surface area contributed by atoms with Crippen LogP contribution in [0.2, 0.25) is 0 Å². The van der Waals surface area contributed by atoms with Crippen LogP contribution in [0, 0.1) is 0 Å². The number of fused-ring (bicyclic) bond motifs is 1. The van der Waals surface area contributed by atoms with Crippen molar-refractivity contribution in [3.05, 3.63) is 33.8 Å². The molecule has 0 aliphatic heterocycles. The first-order valence-electron chi connectivity index (χ1n) is 6.83. The van der Waals surface area contributed by atoms with Crippen molar-refractivity contribution in [2.24, 2.45) is 0 Å². The van der Waals surface area contributed by atoms with Crippen LogP contribution in [0.15, 0.2) is 22.7 Å². The van der Waals surface area contributed by atoms with Crippen LogP contribution < -0.4 is 5.32 Å². The molecule has 0 amide bonds. The van der Waals surface area contributed by atoms with Gasteiger partial charge in [-0.2, -0.15) is 0 Å². The fraction of sp³-hybridized carbons (Fsp3) is 0.600. The lowest BCUT2D eigenvalue weighted by Gasteiger charge is -2.15. The lowest BCUT2D eigenvalue weighted by molar-refractivity contribution is 0.387. The number of unbranched alkanes of at least 4 members (excludes halogenated alkanes) is 1. The van der Waals surface area contributed by atoms with Gasteiger partial charge in [0.2, 0.25) is 0 Å². The largest absolute Gasteiger partial charge is 0.310 e. The number of rotatable bonds is 6. The lowest BCUT2D eigenvalue weighted by Crippen LogP contribution is -2.21. The highest BCUT2D eigenvalue weighted by Crippen LogP contribution is 2.32. The third-order valence-electron chi connectivity index (χ3n) is 3.61. The van der Waals surface area contributed by atoms with Crippen molar-refractivity contribution >= 4 is 15.9 Å². The summed E-state index contributed by atoms with van der Waals surface area (Å²) in [5.41, 5.74) is 3.01. The Bertz CT molecular complexity index is 390. The molecule has 1 aromatic rings. The van der Waals surface area contributed by atoms with Gasteiger partial charge in [-0.15, -0.1) is 0 Å². The standard InChI is InChI=1S/C15H23BrN2/c1-18(2)10-4-3-9-17-15-8-6-12-5-7-13(16)11-14(12)15/h5,7,11,15,17H,3-4,6,8-10H2,1-2H3. The van der Waals surface area contributed by atoms with Crippen molar-refractivity contribution in [1.29, 1.82) is 0 Å². The molecule has 0 spiro atoms. The molecular formula is C15H23BrN2.